The zero-order chi connectivity index (χ0) is 12.3. The molecule has 1 aromatic heterocycles. The number of nitrogens with zero attached hydrogens (tertiary/aromatic N) is 1. The highest BCUT2D eigenvalue weighted by molar-refractivity contribution is 6.32. The number of hydrogen-bond acceptors (Lipinski definition) is 3. The van der Waals surface area contributed by atoms with E-state index in [-0.39, 0.29) is 0 Å². The van der Waals surface area contributed by atoms with Crippen molar-refractivity contribution in [3.63, 3.8) is 0 Å². The first-order chi connectivity index (χ1) is 8.16. The normalized spacial score (nSPS) is 10.2. The van der Waals surface area contributed by atoms with Crippen LogP contribution < -0.4 is 10.5 Å². The van der Waals surface area contributed by atoms with Gasteiger partial charge in [-0.2, -0.15) is 0 Å². The second-order valence-corrected chi connectivity index (χ2v) is 4.26. The molecule has 0 aliphatic carbocycles. The Morgan fingerprint density at radius 2 is 2.00 bits per heavy atom. The minimum absolute atomic E-state index is 0.324. The minimum Gasteiger partial charge on any atom is -0.487 e. The van der Waals surface area contributed by atoms with Crippen molar-refractivity contribution in [2.75, 3.05) is 5.73 Å². The molecule has 1 heterocycles. The highest BCUT2D eigenvalue weighted by Crippen LogP contribution is 2.27. The largest absolute Gasteiger partial charge is 0.487 e. The molecule has 0 unspecified atom stereocenters. The van der Waals surface area contributed by atoms with Crippen LogP contribution in [0.3, 0.4) is 0 Å². The molecule has 0 amide bonds. The van der Waals surface area contributed by atoms with Crippen LogP contribution in [-0.2, 0) is 6.61 Å². The number of aromatic nitrogens is 1. The van der Waals surface area contributed by atoms with Gasteiger partial charge in [-0.05, 0) is 18.2 Å². The number of halogens is 2. The predicted octanol–water partition coefficient (Wildman–Crippen LogP) is 3.55. The lowest BCUT2D eigenvalue weighted by Gasteiger charge is -2.09. The van der Waals surface area contributed by atoms with E-state index in [1.54, 1.807) is 36.7 Å². The standard InChI is InChI=1S/C12H10Cl2N2O/c13-10-2-1-9(15)5-12(10)17-7-8-3-4-16-6-11(8)14/h1-6H,7,15H2. The summed E-state index contributed by atoms with van der Waals surface area (Å²) in [5.74, 6) is 0.541. The van der Waals surface area contributed by atoms with Crippen LogP contribution in [0.4, 0.5) is 5.69 Å². The fraction of sp³-hybridized carbons (Fsp3) is 0.0833. The highest BCUT2D eigenvalue weighted by Gasteiger charge is 2.04. The van der Waals surface area contributed by atoms with Crippen molar-refractivity contribution < 1.29 is 4.74 Å². The summed E-state index contributed by atoms with van der Waals surface area (Å²) >= 11 is 11.9. The summed E-state index contributed by atoms with van der Waals surface area (Å²) in [7, 11) is 0. The molecule has 0 bridgehead atoms. The number of hydrogen-bond donors (Lipinski definition) is 1. The van der Waals surface area contributed by atoms with Gasteiger partial charge in [0.2, 0.25) is 0 Å². The molecule has 0 saturated heterocycles. The van der Waals surface area contributed by atoms with Gasteiger partial charge in [-0.3, -0.25) is 4.98 Å². The molecule has 0 aliphatic heterocycles. The second kappa shape index (κ2) is 5.25. The van der Waals surface area contributed by atoms with Crippen molar-refractivity contribution in [2.24, 2.45) is 0 Å². The quantitative estimate of drug-likeness (QED) is 0.867. The number of rotatable bonds is 3. The van der Waals surface area contributed by atoms with Gasteiger partial charge in [0.15, 0.2) is 0 Å². The Morgan fingerprint density at radius 1 is 1.18 bits per heavy atom. The third-order valence-electron chi connectivity index (χ3n) is 2.19. The fourth-order valence-electron chi connectivity index (χ4n) is 1.31. The molecule has 0 fully saturated rings. The third kappa shape index (κ3) is 3.02. The molecule has 1 aromatic carbocycles. The van der Waals surface area contributed by atoms with Crippen molar-refractivity contribution in [3.05, 3.63) is 52.3 Å². The average molecular weight is 269 g/mol. The number of anilines is 1. The summed E-state index contributed by atoms with van der Waals surface area (Å²) < 4.78 is 5.56. The van der Waals surface area contributed by atoms with E-state index in [2.05, 4.69) is 4.98 Å². The zero-order valence-corrected chi connectivity index (χ0v) is 10.4. The Bertz CT molecular complexity index is 532. The van der Waals surface area contributed by atoms with Crippen molar-refractivity contribution in [1.82, 2.24) is 4.98 Å². The molecule has 0 spiro atoms. The van der Waals surface area contributed by atoms with E-state index < -0.39 is 0 Å². The van der Waals surface area contributed by atoms with Crippen LogP contribution in [0.1, 0.15) is 5.56 Å². The lowest BCUT2D eigenvalue weighted by atomic mass is 10.3. The van der Waals surface area contributed by atoms with Gasteiger partial charge in [0.25, 0.3) is 0 Å². The monoisotopic (exact) mass is 268 g/mol. The van der Waals surface area contributed by atoms with Crippen molar-refractivity contribution in [3.8, 4) is 5.75 Å². The van der Waals surface area contributed by atoms with Gasteiger partial charge in [0.05, 0.1) is 10.0 Å². The van der Waals surface area contributed by atoms with Crippen LogP contribution in [-0.4, -0.2) is 4.98 Å². The summed E-state index contributed by atoms with van der Waals surface area (Å²) in [5, 5.41) is 1.08. The maximum atomic E-state index is 5.98. The van der Waals surface area contributed by atoms with E-state index in [1.807, 2.05) is 0 Å². The fourth-order valence-corrected chi connectivity index (χ4v) is 1.65. The van der Waals surface area contributed by atoms with E-state index in [0.29, 0.717) is 28.1 Å². The predicted molar refractivity (Wildman–Crippen MR) is 69.4 cm³/mol. The molecule has 5 heteroatoms. The number of nitrogens with two attached hydrogens (primary N) is 1. The Hall–Kier alpha value is -1.45. The maximum Gasteiger partial charge on any atom is 0.140 e. The molecule has 0 atom stereocenters. The van der Waals surface area contributed by atoms with Gasteiger partial charge in [0, 0.05) is 29.7 Å². The van der Waals surface area contributed by atoms with Crippen LogP contribution >= 0.6 is 23.2 Å². The van der Waals surface area contributed by atoms with Gasteiger partial charge in [-0.1, -0.05) is 23.2 Å². The topological polar surface area (TPSA) is 48.1 Å². The summed E-state index contributed by atoms with van der Waals surface area (Å²) in [6.07, 6.45) is 3.23. The number of nitrogen functional groups attached to an aromatic ring is 1. The highest BCUT2D eigenvalue weighted by atomic mass is 35.5. The summed E-state index contributed by atoms with van der Waals surface area (Å²) in [6.45, 7) is 0.324. The van der Waals surface area contributed by atoms with Crippen LogP contribution in [0.2, 0.25) is 10.0 Å². The molecule has 88 valence electrons. The molecular weight excluding hydrogens is 259 g/mol. The van der Waals surface area contributed by atoms with Crippen LogP contribution in [0.25, 0.3) is 0 Å². The summed E-state index contributed by atoms with van der Waals surface area (Å²) in [4.78, 5) is 3.90. The molecule has 0 aliphatic rings. The molecule has 0 radical (unpaired) electrons. The van der Waals surface area contributed by atoms with Gasteiger partial charge < -0.3 is 10.5 Å². The molecular formula is C12H10Cl2N2O. The van der Waals surface area contributed by atoms with E-state index in [1.165, 1.54) is 0 Å². The minimum atomic E-state index is 0.324. The average Bonchev–Trinajstić information content (AvgIpc) is 2.32. The molecule has 3 nitrogen and oxygen atoms in total. The van der Waals surface area contributed by atoms with Gasteiger partial charge >= 0.3 is 0 Å². The SMILES string of the molecule is Nc1ccc(Cl)c(OCc2ccncc2Cl)c1. The summed E-state index contributed by atoms with van der Waals surface area (Å²) in [5.41, 5.74) is 7.10. The van der Waals surface area contributed by atoms with Crippen molar-refractivity contribution >= 4 is 28.9 Å². The van der Waals surface area contributed by atoms with Gasteiger partial charge in [-0.15, -0.1) is 0 Å². The summed E-state index contributed by atoms with van der Waals surface area (Å²) in [6, 6.07) is 6.88. The van der Waals surface area contributed by atoms with Crippen molar-refractivity contribution in [2.45, 2.75) is 6.61 Å². The van der Waals surface area contributed by atoms with Crippen LogP contribution in [0.5, 0.6) is 5.75 Å². The van der Waals surface area contributed by atoms with E-state index in [9.17, 15) is 0 Å². The number of ether oxygens (including phenoxy) is 1. The Labute approximate surface area is 109 Å². The molecule has 0 saturated carbocycles. The van der Waals surface area contributed by atoms with E-state index in [0.717, 1.165) is 5.56 Å². The molecule has 17 heavy (non-hydrogen) atoms. The van der Waals surface area contributed by atoms with Gasteiger partial charge in [0.1, 0.15) is 12.4 Å². The van der Waals surface area contributed by atoms with Gasteiger partial charge in [-0.25, -0.2) is 0 Å². The maximum absolute atomic E-state index is 5.98. The first-order valence-electron chi connectivity index (χ1n) is 4.93. The lowest BCUT2D eigenvalue weighted by Crippen LogP contribution is -1.98. The van der Waals surface area contributed by atoms with E-state index >= 15 is 0 Å². The molecule has 2 N–H and O–H groups in total. The second-order valence-electron chi connectivity index (χ2n) is 3.45. The first kappa shape index (κ1) is 12.0. The first-order valence-corrected chi connectivity index (χ1v) is 5.68. The van der Waals surface area contributed by atoms with Crippen LogP contribution in [0.15, 0.2) is 36.7 Å². The number of benzene rings is 1. The Kier molecular flexibility index (Phi) is 3.71. The third-order valence-corrected chi connectivity index (χ3v) is 2.85. The lowest BCUT2D eigenvalue weighted by molar-refractivity contribution is 0.306. The number of pyridine rings is 1. The zero-order valence-electron chi connectivity index (χ0n) is 8.86. The van der Waals surface area contributed by atoms with E-state index in [4.69, 9.17) is 33.7 Å². The Balaban J connectivity index is 2.12. The van der Waals surface area contributed by atoms with Crippen LogP contribution in [0, 0.1) is 0 Å². The molecule has 2 rings (SSSR count). The molecule has 2 aromatic rings. The smallest absolute Gasteiger partial charge is 0.140 e. The Morgan fingerprint density at radius 3 is 2.76 bits per heavy atom. The van der Waals surface area contributed by atoms with Crippen molar-refractivity contribution in [1.29, 1.82) is 0 Å².